The second-order valence-corrected chi connectivity index (χ2v) is 11.8. The second kappa shape index (κ2) is 20.8. The van der Waals surface area contributed by atoms with Gasteiger partial charge in [-0.1, -0.05) is 63.4 Å². The first kappa shape index (κ1) is 40.7. The summed E-state index contributed by atoms with van der Waals surface area (Å²) in [6.07, 6.45) is 3.32. The number of nitrogens with one attached hydrogen (secondary N) is 3. The minimum atomic E-state index is -1.67. The van der Waals surface area contributed by atoms with Crippen molar-refractivity contribution in [3.05, 3.63) is 77.6 Å². The molecule has 4 amide bonds. The van der Waals surface area contributed by atoms with Crippen LogP contribution in [-0.2, 0) is 30.6 Å². The molecular formula is C37H46N4O11. The number of amides is 4. The fraction of sp³-hybridized carbons (Fsp3) is 0.405. The summed E-state index contributed by atoms with van der Waals surface area (Å²) in [5, 5.41) is 27.1. The predicted octanol–water partition coefficient (Wildman–Crippen LogP) is 4.37. The highest BCUT2D eigenvalue weighted by Gasteiger charge is 2.32. The van der Waals surface area contributed by atoms with Crippen LogP contribution < -0.4 is 20.7 Å². The Morgan fingerprint density at radius 1 is 0.923 bits per heavy atom. The first-order chi connectivity index (χ1) is 25.0. The van der Waals surface area contributed by atoms with Gasteiger partial charge in [-0.2, -0.15) is 0 Å². The van der Waals surface area contributed by atoms with Crippen molar-refractivity contribution in [3.63, 3.8) is 0 Å². The van der Waals surface area contributed by atoms with Crippen LogP contribution >= 0.6 is 0 Å². The van der Waals surface area contributed by atoms with Crippen LogP contribution in [0.3, 0.4) is 0 Å². The lowest BCUT2D eigenvalue weighted by Gasteiger charge is -2.32. The van der Waals surface area contributed by atoms with Crippen LogP contribution in [0.2, 0.25) is 0 Å². The Hall–Kier alpha value is -5.70. The lowest BCUT2D eigenvalue weighted by atomic mass is 9.90. The molecule has 1 heterocycles. The maximum atomic E-state index is 13.5. The first-order valence-corrected chi connectivity index (χ1v) is 17.1. The van der Waals surface area contributed by atoms with Crippen molar-refractivity contribution in [1.82, 2.24) is 21.0 Å². The van der Waals surface area contributed by atoms with E-state index in [-0.39, 0.29) is 48.6 Å². The number of aliphatic carboxylic acids is 2. The fourth-order valence-electron chi connectivity index (χ4n) is 5.47. The molecule has 15 nitrogen and oxygen atoms in total. The van der Waals surface area contributed by atoms with Gasteiger partial charge < -0.3 is 35.3 Å². The summed E-state index contributed by atoms with van der Waals surface area (Å²) in [4.78, 5) is 79.9. The average Bonchev–Trinajstić information content (AvgIpc) is 3.63. The molecule has 0 saturated carbocycles. The molecule has 0 aliphatic heterocycles. The number of carboxylic acids is 2. The molecule has 0 saturated heterocycles. The Morgan fingerprint density at radius 2 is 1.67 bits per heavy atom. The molecule has 0 aliphatic carbocycles. The summed E-state index contributed by atoms with van der Waals surface area (Å²) in [5.74, 6) is -5.04. The van der Waals surface area contributed by atoms with Gasteiger partial charge in [0.05, 0.1) is 31.7 Å². The third kappa shape index (κ3) is 12.3. The molecule has 0 bridgehead atoms. The topological polar surface area (TPSA) is 214 Å². The number of carboxylic acid groups (broad SMARTS) is 2. The molecule has 0 radical (unpaired) electrons. The van der Waals surface area contributed by atoms with Gasteiger partial charge in [0.15, 0.2) is 5.76 Å². The molecule has 0 aliphatic rings. The second-order valence-electron chi connectivity index (χ2n) is 11.8. The van der Waals surface area contributed by atoms with Gasteiger partial charge in [0.25, 0.3) is 11.8 Å². The normalized spacial score (nSPS) is 12.5. The molecule has 2 aromatic carbocycles. The van der Waals surface area contributed by atoms with E-state index in [0.717, 1.165) is 24.8 Å². The lowest BCUT2D eigenvalue weighted by molar-refractivity contribution is -0.200. The standard InChI is InChI=1S/C37H46N4O11/c1-4-7-9-14-28(30(5-2)41(23-42)51-21-24-12-10-8-11-13-24)35(46)38-22-39-36(47)32-16-15-31(52-32)25-17-26(19-27(18-25)50-6-3)34(45)40-29(37(48)49)20-33(43)44/h8,10-13,15-19,23,28-30H,4-7,9,14,20-22H2,1-3H3,(H,38,46)(H,39,47)(H,40,45)(H,43,44)(H,48,49)/t28-,29?,30-/m1/s1. The van der Waals surface area contributed by atoms with E-state index < -0.39 is 48.2 Å². The van der Waals surface area contributed by atoms with Crippen LogP contribution in [0.1, 0.15) is 85.8 Å². The van der Waals surface area contributed by atoms with Crippen molar-refractivity contribution < 1.29 is 53.0 Å². The zero-order chi connectivity index (χ0) is 38.0. The number of furan rings is 1. The minimum absolute atomic E-state index is 0.0276. The largest absolute Gasteiger partial charge is 0.494 e. The zero-order valence-corrected chi connectivity index (χ0v) is 29.5. The molecule has 0 spiro atoms. The van der Waals surface area contributed by atoms with Crippen molar-refractivity contribution in [2.45, 2.75) is 78.0 Å². The molecule has 3 atom stereocenters. The van der Waals surface area contributed by atoms with Gasteiger partial charge in [-0.3, -0.25) is 28.8 Å². The van der Waals surface area contributed by atoms with E-state index in [2.05, 4.69) is 22.9 Å². The molecule has 5 N–H and O–H groups in total. The highest BCUT2D eigenvalue weighted by molar-refractivity contribution is 5.99. The van der Waals surface area contributed by atoms with Crippen LogP contribution in [0.25, 0.3) is 11.3 Å². The van der Waals surface area contributed by atoms with Crippen LogP contribution in [-0.4, -0.2) is 76.7 Å². The Kier molecular flexibility index (Phi) is 16.3. The van der Waals surface area contributed by atoms with Crippen LogP contribution in [0.5, 0.6) is 5.75 Å². The van der Waals surface area contributed by atoms with E-state index in [1.54, 1.807) is 13.0 Å². The number of rotatable bonds is 23. The Bertz CT molecular complexity index is 1660. The number of benzene rings is 2. The first-order valence-electron chi connectivity index (χ1n) is 17.1. The van der Waals surface area contributed by atoms with Crippen molar-refractivity contribution >= 4 is 36.1 Å². The number of hydroxylamine groups is 2. The molecule has 52 heavy (non-hydrogen) atoms. The van der Waals surface area contributed by atoms with Gasteiger partial charge in [0, 0.05) is 11.1 Å². The minimum Gasteiger partial charge on any atom is -0.494 e. The maximum absolute atomic E-state index is 13.5. The fourth-order valence-corrected chi connectivity index (χ4v) is 5.47. The third-order valence-corrected chi connectivity index (χ3v) is 8.08. The smallest absolute Gasteiger partial charge is 0.326 e. The number of unbranched alkanes of at least 4 members (excludes halogenated alkanes) is 2. The molecule has 1 aromatic heterocycles. The quantitative estimate of drug-likeness (QED) is 0.0401. The summed E-state index contributed by atoms with van der Waals surface area (Å²) in [7, 11) is 0. The Labute approximate surface area is 301 Å². The van der Waals surface area contributed by atoms with Crippen molar-refractivity contribution in [3.8, 4) is 17.1 Å². The number of carbonyl (C=O) groups is 6. The monoisotopic (exact) mass is 722 g/mol. The summed E-state index contributed by atoms with van der Waals surface area (Å²) < 4.78 is 11.3. The molecule has 15 heteroatoms. The number of nitrogens with zero attached hydrogens (tertiary/aromatic N) is 1. The number of carbonyl (C=O) groups excluding carboxylic acids is 4. The summed E-state index contributed by atoms with van der Waals surface area (Å²) >= 11 is 0. The molecule has 3 aromatic rings. The van der Waals surface area contributed by atoms with Crippen LogP contribution in [0.4, 0.5) is 0 Å². The van der Waals surface area contributed by atoms with E-state index >= 15 is 0 Å². The van der Waals surface area contributed by atoms with Crippen LogP contribution in [0, 0.1) is 5.92 Å². The van der Waals surface area contributed by atoms with Gasteiger partial charge in [0.2, 0.25) is 12.3 Å². The average molecular weight is 723 g/mol. The zero-order valence-electron chi connectivity index (χ0n) is 29.5. The van der Waals surface area contributed by atoms with Gasteiger partial charge in [-0.15, -0.1) is 0 Å². The lowest BCUT2D eigenvalue weighted by Crippen LogP contribution is -2.48. The number of ether oxygens (including phenoxy) is 1. The number of hydrogen-bond donors (Lipinski definition) is 5. The molecule has 0 fully saturated rings. The SMILES string of the molecule is CCCCC[C@@H](C(=O)NCNC(=O)c1ccc(-c2cc(OCC)cc(C(=O)NC(CC(=O)O)C(=O)O)c2)o1)[C@@H](CC)N(C=O)OCc1ccccc1. The Balaban J connectivity index is 1.70. The van der Waals surface area contributed by atoms with E-state index in [1.165, 1.54) is 29.3 Å². The van der Waals surface area contributed by atoms with E-state index in [1.807, 2.05) is 37.3 Å². The molecule has 3 rings (SSSR count). The van der Waals surface area contributed by atoms with Crippen molar-refractivity contribution in [1.29, 1.82) is 0 Å². The van der Waals surface area contributed by atoms with Gasteiger partial charge in [-0.25, -0.2) is 9.86 Å². The third-order valence-electron chi connectivity index (χ3n) is 8.08. The summed E-state index contributed by atoms with van der Waals surface area (Å²) in [6, 6.07) is 14.3. The Morgan fingerprint density at radius 3 is 2.31 bits per heavy atom. The van der Waals surface area contributed by atoms with E-state index in [4.69, 9.17) is 19.1 Å². The summed E-state index contributed by atoms with van der Waals surface area (Å²) in [5.41, 5.74) is 1.17. The molecular weight excluding hydrogens is 676 g/mol. The van der Waals surface area contributed by atoms with Gasteiger partial charge >= 0.3 is 11.9 Å². The highest BCUT2D eigenvalue weighted by atomic mass is 16.7. The molecule has 1 unspecified atom stereocenters. The number of hydrogen-bond acceptors (Lipinski definition) is 9. The van der Waals surface area contributed by atoms with Gasteiger partial charge in [0.1, 0.15) is 24.2 Å². The van der Waals surface area contributed by atoms with Crippen molar-refractivity contribution in [2.24, 2.45) is 5.92 Å². The predicted molar refractivity (Wildman–Crippen MR) is 188 cm³/mol. The summed E-state index contributed by atoms with van der Waals surface area (Å²) in [6.45, 7) is 5.81. The van der Waals surface area contributed by atoms with Crippen molar-refractivity contribution in [2.75, 3.05) is 13.3 Å². The molecule has 280 valence electrons. The maximum Gasteiger partial charge on any atom is 0.326 e. The van der Waals surface area contributed by atoms with E-state index in [9.17, 15) is 33.9 Å². The van der Waals surface area contributed by atoms with Crippen LogP contribution in [0.15, 0.2) is 65.1 Å². The van der Waals surface area contributed by atoms with E-state index in [0.29, 0.717) is 24.8 Å². The van der Waals surface area contributed by atoms with Gasteiger partial charge in [-0.05, 0) is 55.7 Å². The highest BCUT2D eigenvalue weighted by Crippen LogP contribution is 2.28.